The van der Waals surface area contributed by atoms with Gasteiger partial charge in [0.1, 0.15) is 0 Å². The molecule has 0 aliphatic carbocycles. The number of halogens is 2. The van der Waals surface area contributed by atoms with Gasteiger partial charge >= 0.3 is 23.5 Å². The number of fused-ring (bicyclic) bond motifs is 1. The fourth-order valence-corrected chi connectivity index (χ4v) is 7.55. The van der Waals surface area contributed by atoms with E-state index in [9.17, 15) is 33.4 Å². The van der Waals surface area contributed by atoms with Gasteiger partial charge in [-0.05, 0) is 24.6 Å². The van der Waals surface area contributed by atoms with Crippen molar-refractivity contribution in [3.05, 3.63) is 22.6 Å². The van der Waals surface area contributed by atoms with Crippen molar-refractivity contribution in [2.24, 2.45) is 5.92 Å². The van der Waals surface area contributed by atoms with E-state index >= 15 is 0 Å². The summed E-state index contributed by atoms with van der Waals surface area (Å²) in [5.74, 6) is 1.03. The van der Waals surface area contributed by atoms with Crippen molar-refractivity contribution in [3.8, 4) is 11.3 Å². The van der Waals surface area contributed by atoms with E-state index in [0.717, 1.165) is 6.92 Å². The number of nitrogens with one attached hydrogen (secondary N) is 1. The topological polar surface area (TPSA) is 266 Å². The Kier molecular flexibility index (Phi) is 8.74. The monoisotopic (exact) mass is 626 g/mol. The van der Waals surface area contributed by atoms with Crippen LogP contribution in [0.5, 0.6) is 0 Å². The molecular weight excluding hydrogens is 608 g/mol. The number of aromatic amines is 1. The van der Waals surface area contributed by atoms with Crippen LogP contribution < -0.4 is 11.3 Å². The second kappa shape index (κ2) is 10.7. The number of nitrogens with two attached hydrogens (primary N) is 1. The van der Waals surface area contributed by atoms with Crippen LogP contribution in [0, 0.1) is 17.2 Å². The summed E-state index contributed by atoms with van der Waals surface area (Å²) in [5, 5.41) is 12.3. The second-order valence-electron chi connectivity index (χ2n) is 7.54. The minimum Gasteiger partial charge on any atom is -0.396 e. The highest BCUT2D eigenvalue weighted by Gasteiger charge is 2.58. The van der Waals surface area contributed by atoms with Crippen LogP contribution in [0.25, 0.3) is 11.0 Å². The number of nitrogen functional groups attached to an aromatic ring is 1. The van der Waals surface area contributed by atoms with Gasteiger partial charge in [0.05, 0.1) is 24.2 Å². The largest absolute Gasteiger partial charge is 0.490 e. The molecule has 1 fully saturated rings. The van der Waals surface area contributed by atoms with Crippen molar-refractivity contribution in [1.29, 1.82) is 0 Å². The predicted octanol–water partition coefficient (Wildman–Crippen LogP) is 0.722. The number of alkyl halides is 1. The van der Waals surface area contributed by atoms with Crippen LogP contribution in [0.15, 0.2) is 17.1 Å². The van der Waals surface area contributed by atoms with E-state index in [2.05, 4.69) is 29.9 Å². The quantitative estimate of drug-likeness (QED) is 0.115. The van der Waals surface area contributed by atoms with Crippen molar-refractivity contribution in [2.45, 2.75) is 30.2 Å². The van der Waals surface area contributed by atoms with Crippen LogP contribution in [0.4, 0.5) is 5.95 Å². The summed E-state index contributed by atoms with van der Waals surface area (Å²) in [6.07, 6.45) is -2.97. The van der Waals surface area contributed by atoms with Gasteiger partial charge in [0.15, 0.2) is 16.7 Å². The van der Waals surface area contributed by atoms with Crippen molar-refractivity contribution in [2.75, 3.05) is 12.3 Å². The third-order valence-electron chi connectivity index (χ3n) is 5.05. The molecule has 3 rings (SSSR count). The Balaban J connectivity index is 1.97. The lowest BCUT2D eigenvalue weighted by Crippen LogP contribution is -2.41. The first kappa shape index (κ1) is 30.2. The molecule has 22 heteroatoms. The minimum atomic E-state index is -5.78. The van der Waals surface area contributed by atoms with E-state index in [4.69, 9.17) is 48.0 Å². The molecule has 0 amide bonds. The SMILES string of the molecule is C[C@@H](OP(=O)(O)OP(=O)(O)OP(=O)(O)O)[C@H]1O[C@@H](n2ccc3c(=O)[nH]c(N)nc32)C(Cl)(C#CCl)C1CO. The van der Waals surface area contributed by atoms with E-state index in [-0.39, 0.29) is 17.0 Å². The van der Waals surface area contributed by atoms with Crippen LogP contribution in [-0.2, 0) is 31.6 Å². The van der Waals surface area contributed by atoms with Crippen molar-refractivity contribution in [3.63, 3.8) is 0 Å². The van der Waals surface area contributed by atoms with Gasteiger partial charge in [-0.25, -0.2) is 13.7 Å². The van der Waals surface area contributed by atoms with E-state index < -0.39 is 64.9 Å². The standard InChI is InChI=1S/C15H19Cl2N4O13P3/c1-7(32-36(27,28)34-37(29,30)33-35(24,25)26)10-9(6-22)15(17,3-4-16)13(31-10)21-5-2-8-11(21)19-14(18)20-12(8)23/h2,5,7,9-10,13,22H,6H2,1H3,(H,27,28)(H,29,30)(H2,24,25,26)(H3,18,19,20,23)/t7-,9?,10-,13-,15?/m1/s1. The number of phosphoric ester groups is 1. The van der Waals surface area contributed by atoms with E-state index in [1.54, 1.807) is 0 Å². The number of anilines is 1. The third kappa shape index (κ3) is 6.65. The summed E-state index contributed by atoms with van der Waals surface area (Å²) in [7, 11) is -17.0. The van der Waals surface area contributed by atoms with Gasteiger partial charge in [-0.1, -0.05) is 17.5 Å². The first-order valence-electron chi connectivity index (χ1n) is 9.69. The van der Waals surface area contributed by atoms with Gasteiger partial charge in [-0.3, -0.25) is 14.3 Å². The molecule has 0 spiro atoms. The van der Waals surface area contributed by atoms with Gasteiger partial charge in [0, 0.05) is 17.5 Å². The highest BCUT2D eigenvalue weighted by atomic mass is 35.5. The molecule has 7 atom stereocenters. The fraction of sp³-hybridized carbons (Fsp3) is 0.467. The lowest BCUT2D eigenvalue weighted by Gasteiger charge is -2.29. The number of aliphatic hydroxyl groups is 1. The molecule has 1 aliphatic rings. The van der Waals surface area contributed by atoms with E-state index in [0.29, 0.717) is 0 Å². The number of aromatic nitrogens is 3. The van der Waals surface area contributed by atoms with Gasteiger partial charge < -0.3 is 39.7 Å². The highest BCUT2D eigenvalue weighted by Crippen LogP contribution is 2.67. The molecule has 0 saturated carbocycles. The second-order valence-corrected chi connectivity index (χ2v) is 12.7. The number of hydrogen-bond donors (Lipinski definition) is 7. The van der Waals surface area contributed by atoms with Crippen LogP contribution >= 0.6 is 46.7 Å². The van der Waals surface area contributed by atoms with Gasteiger partial charge in [0.25, 0.3) is 5.56 Å². The van der Waals surface area contributed by atoms with Crippen LogP contribution in [0.3, 0.4) is 0 Å². The lowest BCUT2D eigenvalue weighted by atomic mass is 9.87. The molecule has 0 aromatic carbocycles. The number of hydrogen-bond acceptors (Lipinski definition) is 11. The number of rotatable bonds is 9. The van der Waals surface area contributed by atoms with E-state index in [1.807, 2.05) is 0 Å². The Hall–Kier alpha value is -1.31. The van der Waals surface area contributed by atoms with Crippen molar-refractivity contribution >= 4 is 63.7 Å². The number of aliphatic hydroxyl groups excluding tert-OH is 1. The molecule has 1 aliphatic heterocycles. The lowest BCUT2D eigenvalue weighted by molar-refractivity contribution is -0.0640. The summed E-state index contributed by atoms with van der Waals surface area (Å²) in [4.78, 5) is 53.3. The summed E-state index contributed by atoms with van der Waals surface area (Å²) in [6, 6.07) is 1.37. The van der Waals surface area contributed by atoms with Gasteiger partial charge in [0.2, 0.25) is 5.95 Å². The Labute approximate surface area is 216 Å². The molecular formula is C15H19Cl2N4O13P3. The predicted molar refractivity (Wildman–Crippen MR) is 126 cm³/mol. The molecule has 2 aromatic rings. The first-order chi connectivity index (χ1) is 16.9. The Morgan fingerprint density at radius 2 is 1.95 bits per heavy atom. The zero-order valence-corrected chi connectivity index (χ0v) is 22.4. The maximum absolute atomic E-state index is 12.3. The number of H-pyrrole nitrogens is 1. The summed E-state index contributed by atoms with van der Waals surface area (Å²) >= 11 is 12.3. The molecule has 206 valence electrons. The zero-order chi connectivity index (χ0) is 28.0. The number of nitrogens with zero attached hydrogens (tertiary/aromatic N) is 2. The third-order valence-corrected chi connectivity index (χ3v) is 9.63. The molecule has 2 aromatic heterocycles. The van der Waals surface area contributed by atoms with Crippen LogP contribution in [-0.4, -0.2) is 62.9 Å². The van der Waals surface area contributed by atoms with Crippen molar-refractivity contribution < 1.29 is 56.3 Å². The summed E-state index contributed by atoms with van der Waals surface area (Å²) in [5.41, 5.74) is 5.05. The highest BCUT2D eigenvalue weighted by molar-refractivity contribution is 7.66. The van der Waals surface area contributed by atoms with Crippen LogP contribution in [0.2, 0.25) is 0 Å². The minimum absolute atomic E-state index is 0.00512. The fourth-order valence-electron chi connectivity index (χ4n) is 3.75. The van der Waals surface area contributed by atoms with Crippen molar-refractivity contribution in [1.82, 2.24) is 14.5 Å². The summed E-state index contributed by atoms with van der Waals surface area (Å²) in [6.45, 7) is 0.379. The maximum atomic E-state index is 12.3. The molecule has 1 saturated heterocycles. The van der Waals surface area contributed by atoms with Gasteiger partial charge in [-0.15, -0.1) is 0 Å². The molecule has 8 N–H and O–H groups in total. The Bertz CT molecular complexity index is 1450. The molecule has 37 heavy (non-hydrogen) atoms. The van der Waals surface area contributed by atoms with E-state index in [1.165, 1.54) is 16.8 Å². The van der Waals surface area contributed by atoms with Gasteiger partial charge in [-0.2, -0.15) is 13.6 Å². The number of ether oxygens (including phenoxy) is 1. The smallest absolute Gasteiger partial charge is 0.396 e. The molecule has 3 heterocycles. The molecule has 4 unspecified atom stereocenters. The maximum Gasteiger partial charge on any atom is 0.490 e. The Morgan fingerprint density at radius 3 is 2.51 bits per heavy atom. The molecule has 0 radical (unpaired) electrons. The Morgan fingerprint density at radius 1 is 1.30 bits per heavy atom. The summed E-state index contributed by atoms with van der Waals surface area (Å²) < 4.78 is 54.1. The zero-order valence-electron chi connectivity index (χ0n) is 18.2. The molecule has 17 nitrogen and oxygen atoms in total. The first-order valence-corrected chi connectivity index (χ1v) is 15.0. The average molecular weight is 627 g/mol. The normalized spacial score (nSPS) is 28.3. The van der Waals surface area contributed by atoms with Crippen LogP contribution in [0.1, 0.15) is 13.2 Å². The average Bonchev–Trinajstić information content (AvgIpc) is 3.23. The number of phosphoric acid groups is 3. The molecule has 0 bridgehead atoms.